The van der Waals surface area contributed by atoms with Gasteiger partial charge in [0.25, 0.3) is 0 Å². The predicted octanol–water partition coefficient (Wildman–Crippen LogP) is 7.39. The van der Waals surface area contributed by atoms with Crippen LogP contribution in [-0.2, 0) is 10.8 Å². The molecule has 34 heavy (non-hydrogen) atoms. The van der Waals surface area contributed by atoms with E-state index in [0.29, 0.717) is 0 Å². The van der Waals surface area contributed by atoms with E-state index in [2.05, 4.69) is 111 Å². The summed E-state index contributed by atoms with van der Waals surface area (Å²) in [6.45, 7) is 4.31. The number of ether oxygens (including phenoxy) is 2. The molecule has 172 valence electrons. The molecule has 2 unspecified atom stereocenters. The summed E-state index contributed by atoms with van der Waals surface area (Å²) in [5.41, 5.74) is 7.50. The third kappa shape index (κ3) is 3.32. The molecule has 1 fully saturated rings. The van der Waals surface area contributed by atoms with E-state index in [4.69, 9.17) is 9.47 Å². The van der Waals surface area contributed by atoms with Crippen LogP contribution in [0.4, 0.5) is 0 Å². The van der Waals surface area contributed by atoms with Gasteiger partial charge in [-0.1, -0.05) is 83.9 Å². The summed E-state index contributed by atoms with van der Waals surface area (Å²) in [4.78, 5) is 0. The van der Waals surface area contributed by atoms with Gasteiger partial charge in [0.1, 0.15) is 11.5 Å². The van der Waals surface area contributed by atoms with E-state index < -0.39 is 0 Å². The van der Waals surface area contributed by atoms with E-state index in [1.54, 1.807) is 14.2 Å². The molecule has 0 heterocycles. The fourth-order valence-corrected chi connectivity index (χ4v) is 5.95. The zero-order valence-electron chi connectivity index (χ0n) is 20.5. The predicted molar refractivity (Wildman–Crippen MR) is 139 cm³/mol. The Morgan fingerprint density at radius 2 is 0.706 bits per heavy atom. The summed E-state index contributed by atoms with van der Waals surface area (Å²) >= 11 is 0. The maximum Gasteiger partial charge on any atom is 0.118 e. The second-order valence-corrected chi connectivity index (χ2v) is 9.50. The molecule has 2 atom stereocenters. The van der Waals surface area contributed by atoms with Crippen LogP contribution in [0.2, 0.25) is 0 Å². The Hall–Kier alpha value is -3.52. The van der Waals surface area contributed by atoms with Crippen LogP contribution in [0.25, 0.3) is 0 Å². The van der Waals surface area contributed by atoms with E-state index >= 15 is 0 Å². The van der Waals surface area contributed by atoms with E-state index in [0.717, 1.165) is 24.3 Å². The lowest BCUT2D eigenvalue weighted by molar-refractivity contribution is 0.151. The van der Waals surface area contributed by atoms with Crippen molar-refractivity contribution >= 4 is 0 Å². The highest BCUT2D eigenvalue weighted by Crippen LogP contribution is 2.65. The first-order chi connectivity index (χ1) is 16.5. The normalized spacial score (nSPS) is 21.5. The molecule has 5 rings (SSSR count). The number of benzene rings is 4. The summed E-state index contributed by atoms with van der Waals surface area (Å²) in [6, 6.07) is 35.7. The molecule has 0 amide bonds. The molecule has 0 saturated heterocycles. The van der Waals surface area contributed by atoms with Crippen molar-refractivity contribution in [2.45, 2.75) is 37.5 Å². The molecule has 0 aliphatic heterocycles. The topological polar surface area (TPSA) is 18.5 Å². The molecule has 4 aromatic carbocycles. The van der Waals surface area contributed by atoms with E-state index in [1.165, 1.54) is 33.4 Å². The molecule has 1 saturated carbocycles. The van der Waals surface area contributed by atoms with Gasteiger partial charge in [-0.3, -0.25) is 0 Å². The Bertz CT molecular complexity index is 1150. The van der Waals surface area contributed by atoms with Crippen LogP contribution in [0.1, 0.15) is 46.2 Å². The van der Waals surface area contributed by atoms with Gasteiger partial charge in [0.15, 0.2) is 0 Å². The smallest absolute Gasteiger partial charge is 0.118 e. The van der Waals surface area contributed by atoms with Crippen LogP contribution in [0.3, 0.4) is 0 Å². The maximum absolute atomic E-state index is 5.50. The number of aryl methyl sites for hydroxylation is 2. The summed E-state index contributed by atoms with van der Waals surface area (Å²) in [7, 11) is 3.45. The number of hydrogen-bond acceptors (Lipinski definition) is 2. The third-order valence-electron chi connectivity index (χ3n) is 7.86. The Labute approximate surface area is 203 Å². The van der Waals surface area contributed by atoms with Crippen molar-refractivity contribution in [1.29, 1.82) is 0 Å². The first kappa shape index (κ1) is 22.3. The Morgan fingerprint density at radius 3 is 0.941 bits per heavy atom. The molecule has 0 radical (unpaired) electrons. The third-order valence-corrected chi connectivity index (χ3v) is 7.86. The Kier molecular flexibility index (Phi) is 5.69. The minimum atomic E-state index is -0.198. The monoisotopic (exact) mass is 448 g/mol. The highest BCUT2D eigenvalue weighted by atomic mass is 16.5. The molecular weight excluding hydrogens is 416 g/mol. The van der Waals surface area contributed by atoms with Crippen LogP contribution in [-0.4, -0.2) is 14.2 Å². The fourth-order valence-electron chi connectivity index (χ4n) is 5.95. The van der Waals surface area contributed by atoms with Crippen molar-refractivity contribution in [3.8, 4) is 11.5 Å². The Morgan fingerprint density at radius 1 is 0.441 bits per heavy atom. The molecular formula is C32H32O2. The molecule has 0 aromatic heterocycles. The van der Waals surface area contributed by atoms with Gasteiger partial charge in [0.05, 0.1) is 14.2 Å². The molecule has 1 aliphatic rings. The average Bonchev–Trinajstić information content (AvgIpc) is 2.87. The lowest BCUT2D eigenvalue weighted by Crippen LogP contribution is -2.59. The quantitative estimate of drug-likeness (QED) is 0.306. The first-order valence-corrected chi connectivity index (χ1v) is 12.0. The molecule has 0 N–H and O–H groups in total. The standard InChI is InChI=1S/C32H32O2/c1-23-5-9-25(10-6-23)31(27-13-17-29(33-3)18-14-27)21-22-32(31,26-11-7-24(2)8-12-26)28-15-19-30(34-4)20-16-28/h5-20H,21-22H2,1-4H3. The fraction of sp³-hybridized carbons (Fsp3) is 0.250. The number of methoxy groups -OCH3 is 2. The van der Waals surface area contributed by atoms with Crippen LogP contribution in [0.5, 0.6) is 11.5 Å². The molecule has 0 bridgehead atoms. The molecule has 2 heteroatoms. The first-order valence-electron chi connectivity index (χ1n) is 12.0. The van der Waals surface area contributed by atoms with Crippen molar-refractivity contribution in [2.24, 2.45) is 0 Å². The van der Waals surface area contributed by atoms with Crippen molar-refractivity contribution in [3.05, 3.63) is 130 Å². The summed E-state index contributed by atoms with van der Waals surface area (Å²) in [5, 5.41) is 0. The van der Waals surface area contributed by atoms with Crippen molar-refractivity contribution in [3.63, 3.8) is 0 Å². The molecule has 0 spiro atoms. The molecule has 2 nitrogen and oxygen atoms in total. The minimum absolute atomic E-state index is 0.198. The van der Waals surface area contributed by atoms with Crippen molar-refractivity contribution in [1.82, 2.24) is 0 Å². The second-order valence-electron chi connectivity index (χ2n) is 9.50. The van der Waals surface area contributed by atoms with Crippen LogP contribution in [0.15, 0.2) is 97.1 Å². The van der Waals surface area contributed by atoms with Gasteiger partial charge in [0.2, 0.25) is 0 Å². The molecule has 1 aliphatic carbocycles. The summed E-state index contributed by atoms with van der Waals surface area (Å²) in [6.07, 6.45) is 2.14. The largest absolute Gasteiger partial charge is 0.497 e. The van der Waals surface area contributed by atoms with Crippen molar-refractivity contribution in [2.75, 3.05) is 14.2 Å². The van der Waals surface area contributed by atoms with Crippen LogP contribution in [0, 0.1) is 13.8 Å². The van der Waals surface area contributed by atoms with Gasteiger partial charge in [-0.2, -0.15) is 0 Å². The van der Waals surface area contributed by atoms with Gasteiger partial charge in [0, 0.05) is 10.8 Å². The van der Waals surface area contributed by atoms with Crippen LogP contribution < -0.4 is 9.47 Å². The zero-order chi connectivity index (χ0) is 23.8. The van der Waals surface area contributed by atoms with E-state index in [9.17, 15) is 0 Å². The lowest BCUT2D eigenvalue weighted by Gasteiger charge is -2.61. The maximum atomic E-state index is 5.50. The average molecular weight is 449 g/mol. The highest BCUT2D eigenvalue weighted by molar-refractivity contribution is 5.60. The van der Waals surface area contributed by atoms with E-state index in [-0.39, 0.29) is 10.8 Å². The van der Waals surface area contributed by atoms with Gasteiger partial charge < -0.3 is 9.47 Å². The Balaban J connectivity index is 1.81. The SMILES string of the molecule is COc1ccc(C2(c3ccc(C)cc3)CCC2(c2ccc(C)cc2)c2ccc(OC)cc2)cc1. The summed E-state index contributed by atoms with van der Waals surface area (Å²) < 4.78 is 11.0. The van der Waals surface area contributed by atoms with E-state index in [1.807, 2.05) is 0 Å². The van der Waals surface area contributed by atoms with Gasteiger partial charge in [-0.25, -0.2) is 0 Å². The van der Waals surface area contributed by atoms with Gasteiger partial charge in [-0.05, 0) is 73.2 Å². The van der Waals surface area contributed by atoms with Gasteiger partial charge in [-0.15, -0.1) is 0 Å². The van der Waals surface area contributed by atoms with Gasteiger partial charge >= 0.3 is 0 Å². The number of hydrogen-bond donors (Lipinski definition) is 0. The lowest BCUT2D eigenvalue weighted by atomic mass is 9.40. The molecule has 4 aromatic rings. The minimum Gasteiger partial charge on any atom is -0.497 e. The number of rotatable bonds is 6. The highest BCUT2D eigenvalue weighted by Gasteiger charge is 2.62. The van der Waals surface area contributed by atoms with Crippen LogP contribution >= 0.6 is 0 Å². The zero-order valence-corrected chi connectivity index (χ0v) is 20.5. The second kappa shape index (κ2) is 8.68. The van der Waals surface area contributed by atoms with Crippen molar-refractivity contribution < 1.29 is 9.47 Å². The summed E-state index contributed by atoms with van der Waals surface area (Å²) in [5.74, 6) is 1.76.